The maximum Gasteiger partial charge on any atom is 0.0624 e. The van der Waals surface area contributed by atoms with E-state index in [1.54, 1.807) is 11.8 Å². The molecule has 3 nitrogen and oxygen atoms in total. The minimum atomic E-state index is 0.326. The summed E-state index contributed by atoms with van der Waals surface area (Å²) in [5.74, 6) is 0. The summed E-state index contributed by atoms with van der Waals surface area (Å²) < 4.78 is 2.12. The van der Waals surface area contributed by atoms with Crippen molar-refractivity contribution in [3.8, 4) is 0 Å². The first-order valence-electron chi connectivity index (χ1n) is 7.58. The quantitative estimate of drug-likeness (QED) is 0.791. The number of aromatic nitrogens is 2. The van der Waals surface area contributed by atoms with Crippen molar-refractivity contribution in [3.05, 3.63) is 47.3 Å². The van der Waals surface area contributed by atoms with E-state index in [2.05, 4.69) is 65.5 Å². The number of benzene rings is 1. The Morgan fingerprint density at radius 2 is 1.95 bits per heavy atom. The molecule has 1 aromatic carbocycles. The molecule has 1 aromatic heterocycles. The van der Waals surface area contributed by atoms with Crippen LogP contribution in [0, 0.1) is 0 Å². The number of likely N-dealkylation sites (N-methyl/N-ethyl adjacent to an activating group) is 1. The van der Waals surface area contributed by atoms with Crippen molar-refractivity contribution in [2.75, 3.05) is 13.3 Å². The normalized spacial score (nSPS) is 12.6. The van der Waals surface area contributed by atoms with E-state index in [1.807, 2.05) is 7.05 Å². The fraction of sp³-hybridized carbons (Fsp3) is 0.471. The standard InChI is InChI=1S/C17H25N3S/c1-5-14-11-15(20(6-2)19-14)12-17(18-3)13-7-9-16(21-4)10-8-13/h7-11,17-18H,5-6,12H2,1-4H3. The third-order valence-electron chi connectivity index (χ3n) is 3.86. The number of nitrogens with one attached hydrogen (secondary N) is 1. The summed E-state index contributed by atoms with van der Waals surface area (Å²) in [6, 6.07) is 11.4. The second-order valence-corrected chi connectivity index (χ2v) is 5.99. The maximum absolute atomic E-state index is 4.64. The Morgan fingerprint density at radius 1 is 1.24 bits per heavy atom. The van der Waals surface area contributed by atoms with Crippen LogP contribution in [0.25, 0.3) is 0 Å². The third-order valence-corrected chi connectivity index (χ3v) is 4.60. The number of aryl methyl sites for hydroxylation is 2. The van der Waals surface area contributed by atoms with Crippen molar-refractivity contribution < 1.29 is 0 Å². The molecule has 0 amide bonds. The Kier molecular flexibility index (Phi) is 5.88. The first kappa shape index (κ1) is 16.1. The minimum absolute atomic E-state index is 0.326. The second-order valence-electron chi connectivity index (χ2n) is 5.11. The lowest BCUT2D eigenvalue weighted by Gasteiger charge is -2.17. The first-order chi connectivity index (χ1) is 10.2. The molecule has 21 heavy (non-hydrogen) atoms. The van der Waals surface area contributed by atoms with Crippen molar-refractivity contribution in [1.29, 1.82) is 0 Å². The fourth-order valence-corrected chi connectivity index (χ4v) is 2.97. The summed E-state index contributed by atoms with van der Waals surface area (Å²) in [6.07, 6.45) is 4.07. The van der Waals surface area contributed by atoms with Gasteiger partial charge < -0.3 is 5.32 Å². The fourth-order valence-electron chi connectivity index (χ4n) is 2.56. The molecule has 0 saturated carbocycles. The maximum atomic E-state index is 4.64. The first-order valence-corrected chi connectivity index (χ1v) is 8.81. The van der Waals surface area contributed by atoms with Crippen LogP contribution in [0.15, 0.2) is 35.2 Å². The number of nitrogens with zero attached hydrogens (tertiary/aromatic N) is 2. The number of hydrogen-bond donors (Lipinski definition) is 1. The van der Waals surface area contributed by atoms with Crippen LogP contribution < -0.4 is 5.32 Å². The Hall–Kier alpha value is -1.26. The van der Waals surface area contributed by atoms with Crippen LogP contribution in [0.5, 0.6) is 0 Å². The molecule has 1 N–H and O–H groups in total. The highest BCUT2D eigenvalue weighted by molar-refractivity contribution is 7.98. The van der Waals surface area contributed by atoms with Gasteiger partial charge in [-0.2, -0.15) is 5.10 Å². The Bertz CT molecular complexity index is 560. The molecule has 0 spiro atoms. The minimum Gasteiger partial charge on any atom is -0.313 e. The van der Waals surface area contributed by atoms with Crippen LogP contribution in [0.4, 0.5) is 0 Å². The van der Waals surface area contributed by atoms with E-state index in [1.165, 1.54) is 21.8 Å². The molecule has 0 aliphatic carbocycles. The zero-order chi connectivity index (χ0) is 15.2. The zero-order valence-electron chi connectivity index (χ0n) is 13.4. The third kappa shape index (κ3) is 3.89. The summed E-state index contributed by atoms with van der Waals surface area (Å²) in [5, 5.41) is 8.08. The van der Waals surface area contributed by atoms with E-state index < -0.39 is 0 Å². The lowest BCUT2D eigenvalue weighted by molar-refractivity contribution is 0.540. The molecule has 1 heterocycles. The smallest absolute Gasteiger partial charge is 0.0624 e. The average molecular weight is 303 g/mol. The van der Waals surface area contributed by atoms with Crippen molar-refractivity contribution in [2.45, 2.75) is 44.2 Å². The highest BCUT2D eigenvalue weighted by atomic mass is 32.2. The van der Waals surface area contributed by atoms with Gasteiger partial charge in [0.15, 0.2) is 0 Å². The molecule has 114 valence electrons. The Balaban J connectivity index is 2.19. The molecule has 0 radical (unpaired) electrons. The van der Waals surface area contributed by atoms with Gasteiger partial charge in [0.2, 0.25) is 0 Å². The summed E-state index contributed by atoms with van der Waals surface area (Å²) in [7, 11) is 2.03. The van der Waals surface area contributed by atoms with Gasteiger partial charge in [0.05, 0.1) is 5.69 Å². The van der Waals surface area contributed by atoms with Gasteiger partial charge in [-0.05, 0) is 50.4 Å². The predicted molar refractivity (Wildman–Crippen MR) is 91.0 cm³/mol. The molecular formula is C17H25N3S. The van der Waals surface area contributed by atoms with Gasteiger partial charge in [-0.1, -0.05) is 19.1 Å². The molecule has 0 aliphatic rings. The van der Waals surface area contributed by atoms with Gasteiger partial charge >= 0.3 is 0 Å². The van der Waals surface area contributed by atoms with Gasteiger partial charge in [0.25, 0.3) is 0 Å². The van der Waals surface area contributed by atoms with Crippen molar-refractivity contribution in [3.63, 3.8) is 0 Å². The molecule has 4 heteroatoms. The zero-order valence-corrected chi connectivity index (χ0v) is 14.2. The van der Waals surface area contributed by atoms with Gasteiger partial charge in [-0.3, -0.25) is 4.68 Å². The molecule has 1 atom stereocenters. The monoisotopic (exact) mass is 303 g/mol. The predicted octanol–water partition coefficient (Wildman–Crippen LogP) is 3.69. The van der Waals surface area contributed by atoms with Gasteiger partial charge in [-0.15, -0.1) is 11.8 Å². The molecule has 2 rings (SSSR count). The SMILES string of the molecule is CCc1cc(CC(NC)c2ccc(SC)cc2)n(CC)n1. The van der Waals surface area contributed by atoms with Crippen molar-refractivity contribution >= 4 is 11.8 Å². The van der Waals surface area contributed by atoms with Crippen LogP contribution in [-0.2, 0) is 19.4 Å². The topological polar surface area (TPSA) is 29.9 Å². The number of thioether (sulfide) groups is 1. The molecule has 0 saturated heterocycles. The van der Waals surface area contributed by atoms with Crippen LogP contribution in [0.3, 0.4) is 0 Å². The largest absolute Gasteiger partial charge is 0.313 e. The number of rotatable bonds is 7. The van der Waals surface area contributed by atoms with E-state index in [0.29, 0.717) is 6.04 Å². The molecular weight excluding hydrogens is 278 g/mol. The van der Waals surface area contributed by atoms with E-state index in [4.69, 9.17) is 0 Å². The van der Waals surface area contributed by atoms with Gasteiger partial charge in [-0.25, -0.2) is 0 Å². The van der Waals surface area contributed by atoms with Crippen molar-refractivity contribution in [2.24, 2.45) is 0 Å². The second kappa shape index (κ2) is 7.66. The molecule has 2 aromatic rings. The highest BCUT2D eigenvalue weighted by Crippen LogP contribution is 2.22. The summed E-state index contributed by atoms with van der Waals surface area (Å²) >= 11 is 1.78. The molecule has 0 bridgehead atoms. The summed E-state index contributed by atoms with van der Waals surface area (Å²) in [6.45, 7) is 5.23. The number of hydrogen-bond acceptors (Lipinski definition) is 3. The lowest BCUT2D eigenvalue weighted by Crippen LogP contribution is -2.20. The van der Waals surface area contributed by atoms with Crippen molar-refractivity contribution in [1.82, 2.24) is 15.1 Å². The average Bonchev–Trinajstić information content (AvgIpc) is 2.95. The molecule has 1 unspecified atom stereocenters. The van der Waals surface area contributed by atoms with Crippen LogP contribution in [0.1, 0.15) is 36.8 Å². The summed E-state index contributed by atoms with van der Waals surface area (Å²) in [5.41, 5.74) is 3.82. The van der Waals surface area contributed by atoms with Crippen LogP contribution >= 0.6 is 11.8 Å². The lowest BCUT2D eigenvalue weighted by atomic mass is 10.0. The van der Waals surface area contributed by atoms with Gasteiger partial charge in [0.1, 0.15) is 0 Å². The Morgan fingerprint density at radius 3 is 2.48 bits per heavy atom. The summed E-state index contributed by atoms with van der Waals surface area (Å²) in [4.78, 5) is 1.31. The van der Waals surface area contributed by atoms with E-state index >= 15 is 0 Å². The Labute approximate surface area is 132 Å². The van der Waals surface area contributed by atoms with Gasteiger partial charge in [0, 0.05) is 29.6 Å². The van der Waals surface area contributed by atoms with Crippen LogP contribution in [-0.4, -0.2) is 23.1 Å². The highest BCUT2D eigenvalue weighted by Gasteiger charge is 2.14. The van der Waals surface area contributed by atoms with E-state index in [-0.39, 0.29) is 0 Å². The molecule has 0 aliphatic heterocycles. The van der Waals surface area contributed by atoms with E-state index in [9.17, 15) is 0 Å². The van der Waals surface area contributed by atoms with Crippen LogP contribution in [0.2, 0.25) is 0 Å². The van der Waals surface area contributed by atoms with E-state index in [0.717, 1.165) is 19.4 Å². The molecule has 0 fully saturated rings.